The Hall–Kier alpha value is -2.42. The SMILES string of the molecule is Cc1ncccc1NCc1ccc2ncccc2c1. The normalized spacial score (nSPS) is 10.6. The van der Waals surface area contributed by atoms with E-state index in [1.807, 2.05) is 37.5 Å². The van der Waals surface area contributed by atoms with E-state index in [-0.39, 0.29) is 0 Å². The van der Waals surface area contributed by atoms with Crippen LogP contribution in [0.3, 0.4) is 0 Å². The van der Waals surface area contributed by atoms with E-state index >= 15 is 0 Å². The molecular formula is C16H15N3. The van der Waals surface area contributed by atoms with E-state index in [1.54, 1.807) is 0 Å². The highest BCUT2D eigenvalue weighted by atomic mass is 14.9. The number of aryl methyl sites for hydroxylation is 1. The fourth-order valence-corrected chi connectivity index (χ4v) is 2.10. The summed E-state index contributed by atoms with van der Waals surface area (Å²) < 4.78 is 0. The van der Waals surface area contributed by atoms with E-state index in [0.717, 1.165) is 23.4 Å². The molecule has 0 aliphatic carbocycles. The first-order valence-electron chi connectivity index (χ1n) is 6.32. The summed E-state index contributed by atoms with van der Waals surface area (Å²) in [5.41, 5.74) is 4.37. The van der Waals surface area contributed by atoms with Crippen LogP contribution in [-0.2, 0) is 6.54 Å². The molecule has 1 N–H and O–H groups in total. The number of nitrogens with one attached hydrogen (secondary N) is 1. The minimum absolute atomic E-state index is 0.789. The molecule has 1 aromatic carbocycles. The Morgan fingerprint density at radius 2 is 1.84 bits per heavy atom. The third kappa shape index (κ3) is 2.55. The highest BCUT2D eigenvalue weighted by Gasteiger charge is 1.99. The molecule has 0 aliphatic rings. The van der Waals surface area contributed by atoms with Gasteiger partial charge in [0.15, 0.2) is 0 Å². The molecule has 0 bridgehead atoms. The number of benzene rings is 1. The number of pyridine rings is 2. The molecule has 3 rings (SSSR count). The van der Waals surface area contributed by atoms with Gasteiger partial charge in [-0.05, 0) is 42.8 Å². The summed E-state index contributed by atoms with van der Waals surface area (Å²) in [6.45, 7) is 2.80. The van der Waals surface area contributed by atoms with Gasteiger partial charge in [-0.15, -0.1) is 0 Å². The van der Waals surface area contributed by atoms with E-state index in [1.165, 1.54) is 10.9 Å². The van der Waals surface area contributed by atoms with Crippen molar-refractivity contribution in [2.75, 3.05) is 5.32 Å². The van der Waals surface area contributed by atoms with Crippen molar-refractivity contribution >= 4 is 16.6 Å². The quantitative estimate of drug-likeness (QED) is 0.771. The van der Waals surface area contributed by atoms with Gasteiger partial charge in [-0.1, -0.05) is 12.1 Å². The predicted molar refractivity (Wildman–Crippen MR) is 78.0 cm³/mol. The van der Waals surface area contributed by atoms with Gasteiger partial charge < -0.3 is 5.32 Å². The van der Waals surface area contributed by atoms with Gasteiger partial charge in [0.2, 0.25) is 0 Å². The first kappa shape index (κ1) is 11.7. The Labute approximate surface area is 112 Å². The van der Waals surface area contributed by atoms with Gasteiger partial charge in [0.25, 0.3) is 0 Å². The summed E-state index contributed by atoms with van der Waals surface area (Å²) in [4.78, 5) is 8.59. The summed E-state index contributed by atoms with van der Waals surface area (Å²) in [7, 11) is 0. The Bertz CT molecular complexity index is 707. The summed E-state index contributed by atoms with van der Waals surface area (Å²) in [5.74, 6) is 0. The van der Waals surface area contributed by atoms with Crippen LogP contribution in [0, 0.1) is 6.92 Å². The van der Waals surface area contributed by atoms with Crippen LogP contribution in [0.4, 0.5) is 5.69 Å². The maximum Gasteiger partial charge on any atom is 0.0702 e. The Balaban J connectivity index is 1.80. The first-order chi connectivity index (χ1) is 9.33. The van der Waals surface area contributed by atoms with Crippen molar-refractivity contribution in [3.05, 3.63) is 66.1 Å². The third-order valence-electron chi connectivity index (χ3n) is 3.16. The molecule has 0 amide bonds. The molecule has 94 valence electrons. The van der Waals surface area contributed by atoms with E-state index in [0.29, 0.717) is 0 Å². The topological polar surface area (TPSA) is 37.8 Å². The number of anilines is 1. The van der Waals surface area contributed by atoms with E-state index in [4.69, 9.17) is 0 Å². The van der Waals surface area contributed by atoms with Crippen molar-refractivity contribution in [3.63, 3.8) is 0 Å². The van der Waals surface area contributed by atoms with Gasteiger partial charge in [0, 0.05) is 24.3 Å². The van der Waals surface area contributed by atoms with Crippen LogP contribution in [-0.4, -0.2) is 9.97 Å². The molecule has 3 nitrogen and oxygen atoms in total. The average Bonchev–Trinajstić information content (AvgIpc) is 2.46. The summed E-state index contributed by atoms with van der Waals surface area (Å²) >= 11 is 0. The maximum atomic E-state index is 4.32. The highest BCUT2D eigenvalue weighted by Crippen LogP contribution is 2.16. The van der Waals surface area contributed by atoms with Crippen molar-refractivity contribution < 1.29 is 0 Å². The predicted octanol–water partition coefficient (Wildman–Crippen LogP) is 3.55. The molecule has 2 aromatic heterocycles. The van der Waals surface area contributed by atoms with Crippen LogP contribution in [0.2, 0.25) is 0 Å². The number of fused-ring (bicyclic) bond motifs is 1. The molecule has 0 atom stereocenters. The molecule has 3 heteroatoms. The van der Waals surface area contributed by atoms with Gasteiger partial charge in [-0.25, -0.2) is 0 Å². The lowest BCUT2D eigenvalue weighted by atomic mass is 10.1. The minimum Gasteiger partial charge on any atom is -0.380 e. The second-order valence-electron chi connectivity index (χ2n) is 4.52. The van der Waals surface area contributed by atoms with Crippen LogP contribution < -0.4 is 5.32 Å². The van der Waals surface area contributed by atoms with Crippen LogP contribution in [0.15, 0.2) is 54.9 Å². The Morgan fingerprint density at radius 1 is 1.00 bits per heavy atom. The zero-order valence-electron chi connectivity index (χ0n) is 10.8. The van der Waals surface area contributed by atoms with Gasteiger partial charge in [-0.3, -0.25) is 9.97 Å². The smallest absolute Gasteiger partial charge is 0.0702 e. The van der Waals surface area contributed by atoms with E-state index < -0.39 is 0 Å². The second-order valence-corrected chi connectivity index (χ2v) is 4.52. The van der Waals surface area contributed by atoms with Gasteiger partial charge in [0.1, 0.15) is 0 Å². The standard InChI is InChI=1S/C16H15N3/c1-12-15(5-3-8-17-12)19-11-13-6-7-16-14(10-13)4-2-9-18-16/h2-10,19H,11H2,1H3. The number of hydrogen-bond acceptors (Lipinski definition) is 3. The molecule has 0 unspecified atom stereocenters. The van der Waals surface area contributed by atoms with Crippen LogP contribution in [0.1, 0.15) is 11.3 Å². The van der Waals surface area contributed by atoms with Gasteiger partial charge in [-0.2, -0.15) is 0 Å². The Kier molecular flexibility index (Phi) is 3.11. The minimum atomic E-state index is 0.789. The second kappa shape index (κ2) is 5.06. The largest absolute Gasteiger partial charge is 0.380 e. The number of hydrogen-bond donors (Lipinski definition) is 1. The zero-order valence-corrected chi connectivity index (χ0v) is 10.8. The number of nitrogens with zero attached hydrogens (tertiary/aromatic N) is 2. The van der Waals surface area contributed by atoms with Crippen molar-refractivity contribution in [3.8, 4) is 0 Å². The lowest BCUT2D eigenvalue weighted by Crippen LogP contribution is -2.01. The molecule has 3 aromatic rings. The molecule has 0 saturated carbocycles. The van der Waals surface area contributed by atoms with Crippen LogP contribution in [0.5, 0.6) is 0 Å². The van der Waals surface area contributed by atoms with Gasteiger partial charge in [0.05, 0.1) is 16.9 Å². The molecule has 19 heavy (non-hydrogen) atoms. The molecule has 2 heterocycles. The number of aromatic nitrogens is 2. The highest BCUT2D eigenvalue weighted by molar-refractivity contribution is 5.79. The third-order valence-corrected chi connectivity index (χ3v) is 3.16. The lowest BCUT2D eigenvalue weighted by Gasteiger charge is -2.09. The average molecular weight is 249 g/mol. The van der Waals surface area contributed by atoms with Crippen molar-refractivity contribution in [2.45, 2.75) is 13.5 Å². The number of rotatable bonds is 3. The summed E-state index contributed by atoms with van der Waals surface area (Å²) in [6, 6.07) is 14.4. The zero-order chi connectivity index (χ0) is 13.1. The summed E-state index contributed by atoms with van der Waals surface area (Å²) in [6.07, 6.45) is 3.63. The lowest BCUT2D eigenvalue weighted by molar-refractivity contribution is 1.11. The fraction of sp³-hybridized carbons (Fsp3) is 0.125. The molecule has 0 aliphatic heterocycles. The molecular weight excluding hydrogens is 234 g/mol. The fourth-order valence-electron chi connectivity index (χ4n) is 2.10. The molecule has 0 spiro atoms. The van der Waals surface area contributed by atoms with E-state index in [2.05, 4.69) is 39.6 Å². The molecule has 0 fully saturated rings. The molecule has 0 radical (unpaired) electrons. The van der Waals surface area contributed by atoms with Crippen molar-refractivity contribution in [2.24, 2.45) is 0 Å². The van der Waals surface area contributed by atoms with Crippen molar-refractivity contribution in [1.29, 1.82) is 0 Å². The molecule has 0 saturated heterocycles. The van der Waals surface area contributed by atoms with Crippen molar-refractivity contribution in [1.82, 2.24) is 9.97 Å². The Morgan fingerprint density at radius 3 is 2.74 bits per heavy atom. The van der Waals surface area contributed by atoms with Crippen LogP contribution >= 0.6 is 0 Å². The summed E-state index contributed by atoms with van der Waals surface area (Å²) in [5, 5.41) is 4.58. The first-order valence-corrected chi connectivity index (χ1v) is 6.32. The van der Waals surface area contributed by atoms with E-state index in [9.17, 15) is 0 Å². The van der Waals surface area contributed by atoms with Gasteiger partial charge >= 0.3 is 0 Å². The monoisotopic (exact) mass is 249 g/mol. The maximum absolute atomic E-state index is 4.32. The van der Waals surface area contributed by atoms with Crippen LogP contribution in [0.25, 0.3) is 10.9 Å².